The molecular weight excluding hydrogens is 315 g/mol. The predicted molar refractivity (Wildman–Crippen MR) is 83.7 cm³/mol. The Kier molecular flexibility index (Phi) is 3.30. The third-order valence-electron chi connectivity index (χ3n) is 3.65. The molecule has 0 unspecified atom stereocenters. The first-order valence-corrected chi connectivity index (χ1v) is 7.16. The van der Waals surface area contributed by atoms with E-state index in [0.29, 0.717) is 22.6 Å². The number of benzene rings is 2. The van der Waals surface area contributed by atoms with E-state index in [9.17, 15) is 13.2 Å². The summed E-state index contributed by atoms with van der Waals surface area (Å²) in [5.41, 5.74) is 2.33. The van der Waals surface area contributed by atoms with Gasteiger partial charge in [0.2, 0.25) is 5.78 Å². The van der Waals surface area contributed by atoms with Gasteiger partial charge in [-0.2, -0.15) is 0 Å². The normalized spacial score (nSPS) is 11.1. The molecule has 0 spiro atoms. The molecule has 4 rings (SSSR count). The zero-order chi connectivity index (χ0) is 16.7. The lowest BCUT2D eigenvalue weighted by Crippen LogP contribution is -1.91. The van der Waals surface area contributed by atoms with E-state index in [0.717, 1.165) is 11.6 Å². The summed E-state index contributed by atoms with van der Waals surface area (Å²) in [7, 11) is 0. The van der Waals surface area contributed by atoms with Gasteiger partial charge in [-0.3, -0.25) is 4.40 Å². The fourth-order valence-electron chi connectivity index (χ4n) is 2.51. The van der Waals surface area contributed by atoms with E-state index in [2.05, 4.69) is 9.97 Å². The Hall–Kier alpha value is -3.15. The van der Waals surface area contributed by atoms with Gasteiger partial charge in [-0.15, -0.1) is 0 Å². The zero-order valence-electron chi connectivity index (χ0n) is 12.2. The molecule has 2 heterocycles. The minimum absolute atomic E-state index is 0.323. The van der Waals surface area contributed by atoms with Crippen molar-refractivity contribution in [2.75, 3.05) is 0 Å². The molecule has 0 amide bonds. The Bertz CT molecular complexity index is 1020. The number of nitrogens with zero attached hydrogens (tertiary/aromatic N) is 3. The number of halogens is 3. The van der Waals surface area contributed by atoms with Crippen molar-refractivity contribution in [2.24, 2.45) is 0 Å². The molecule has 2 aromatic heterocycles. The van der Waals surface area contributed by atoms with Gasteiger partial charge >= 0.3 is 0 Å². The molecule has 0 radical (unpaired) electrons. The second-order valence-corrected chi connectivity index (χ2v) is 5.34. The Morgan fingerprint density at radius 2 is 1.42 bits per heavy atom. The minimum Gasteiger partial charge on any atom is -0.290 e. The first kappa shape index (κ1) is 14.4. The monoisotopic (exact) mass is 325 g/mol. The van der Waals surface area contributed by atoms with Crippen LogP contribution in [0.1, 0.15) is 0 Å². The van der Waals surface area contributed by atoms with Crippen molar-refractivity contribution < 1.29 is 13.2 Å². The van der Waals surface area contributed by atoms with E-state index in [1.165, 1.54) is 30.5 Å². The van der Waals surface area contributed by atoms with Gasteiger partial charge in [-0.1, -0.05) is 0 Å². The van der Waals surface area contributed by atoms with Crippen LogP contribution in [0.15, 0.2) is 61.1 Å². The SMILES string of the molecule is Fc1ccc(-c2cn3cc(-c4cc(F)cc(F)c4)cnc3n2)cc1. The molecule has 0 aliphatic rings. The summed E-state index contributed by atoms with van der Waals surface area (Å²) in [5.74, 6) is -1.18. The van der Waals surface area contributed by atoms with Crippen molar-refractivity contribution in [1.29, 1.82) is 0 Å². The van der Waals surface area contributed by atoms with E-state index in [1.54, 1.807) is 28.9 Å². The van der Waals surface area contributed by atoms with Crippen LogP contribution in [0.5, 0.6) is 0 Å². The van der Waals surface area contributed by atoms with Crippen molar-refractivity contribution in [3.05, 3.63) is 78.5 Å². The van der Waals surface area contributed by atoms with Crippen LogP contribution < -0.4 is 0 Å². The summed E-state index contributed by atoms with van der Waals surface area (Å²) in [4.78, 5) is 8.58. The number of hydrogen-bond acceptors (Lipinski definition) is 2. The molecule has 118 valence electrons. The van der Waals surface area contributed by atoms with E-state index in [1.807, 2.05) is 0 Å². The fourth-order valence-corrected chi connectivity index (χ4v) is 2.51. The molecule has 24 heavy (non-hydrogen) atoms. The number of fused-ring (bicyclic) bond motifs is 1. The van der Waals surface area contributed by atoms with Crippen molar-refractivity contribution in [1.82, 2.24) is 14.4 Å². The molecule has 0 aliphatic carbocycles. The highest BCUT2D eigenvalue weighted by molar-refractivity contribution is 5.65. The van der Waals surface area contributed by atoms with Crippen LogP contribution in [0, 0.1) is 17.5 Å². The van der Waals surface area contributed by atoms with Crippen molar-refractivity contribution in [3.63, 3.8) is 0 Å². The van der Waals surface area contributed by atoms with Gasteiger partial charge in [0.05, 0.1) is 5.69 Å². The van der Waals surface area contributed by atoms with Crippen LogP contribution in [0.3, 0.4) is 0 Å². The van der Waals surface area contributed by atoms with Crippen LogP contribution in [0.25, 0.3) is 28.2 Å². The van der Waals surface area contributed by atoms with Gasteiger partial charge < -0.3 is 0 Å². The summed E-state index contributed by atoms with van der Waals surface area (Å²) in [5, 5.41) is 0. The van der Waals surface area contributed by atoms with Gasteiger partial charge in [0.25, 0.3) is 0 Å². The quantitative estimate of drug-likeness (QED) is 0.544. The lowest BCUT2D eigenvalue weighted by molar-refractivity contribution is 0.584. The zero-order valence-corrected chi connectivity index (χ0v) is 12.2. The molecule has 0 fully saturated rings. The fraction of sp³-hybridized carbons (Fsp3) is 0. The molecule has 0 atom stereocenters. The average molecular weight is 325 g/mol. The Labute approximate surface area is 135 Å². The molecule has 0 aliphatic heterocycles. The van der Waals surface area contributed by atoms with Gasteiger partial charge in [0.15, 0.2) is 0 Å². The number of aromatic nitrogens is 3. The van der Waals surface area contributed by atoms with Crippen molar-refractivity contribution in [3.8, 4) is 22.4 Å². The second-order valence-electron chi connectivity index (χ2n) is 5.34. The van der Waals surface area contributed by atoms with E-state index in [4.69, 9.17) is 0 Å². The molecule has 0 saturated heterocycles. The Morgan fingerprint density at radius 3 is 2.12 bits per heavy atom. The van der Waals surface area contributed by atoms with Crippen LogP contribution in [-0.2, 0) is 0 Å². The highest BCUT2D eigenvalue weighted by atomic mass is 19.1. The van der Waals surface area contributed by atoms with Gasteiger partial charge in [0, 0.05) is 35.8 Å². The molecule has 4 aromatic rings. The lowest BCUT2D eigenvalue weighted by atomic mass is 10.1. The predicted octanol–water partition coefficient (Wildman–Crippen LogP) is 4.48. The van der Waals surface area contributed by atoms with Crippen LogP contribution in [0.4, 0.5) is 13.2 Å². The molecular formula is C18H10F3N3. The van der Waals surface area contributed by atoms with E-state index < -0.39 is 11.6 Å². The number of rotatable bonds is 2. The standard InChI is InChI=1S/C18H10F3N3/c19-14-3-1-11(2-4-14)17-10-24-9-13(8-22-18(24)23-17)12-5-15(20)7-16(21)6-12/h1-10H. The maximum atomic E-state index is 13.4. The van der Waals surface area contributed by atoms with Crippen molar-refractivity contribution >= 4 is 5.78 Å². The smallest absolute Gasteiger partial charge is 0.234 e. The second kappa shape index (κ2) is 5.49. The maximum absolute atomic E-state index is 13.4. The molecule has 0 bridgehead atoms. The number of hydrogen-bond donors (Lipinski definition) is 0. The van der Waals surface area contributed by atoms with Crippen molar-refractivity contribution in [2.45, 2.75) is 0 Å². The van der Waals surface area contributed by atoms with Crippen LogP contribution in [0.2, 0.25) is 0 Å². The maximum Gasteiger partial charge on any atom is 0.234 e. The largest absolute Gasteiger partial charge is 0.290 e. The van der Waals surface area contributed by atoms with Crippen LogP contribution in [-0.4, -0.2) is 14.4 Å². The first-order chi connectivity index (χ1) is 11.6. The van der Waals surface area contributed by atoms with E-state index >= 15 is 0 Å². The Balaban J connectivity index is 1.79. The molecule has 3 nitrogen and oxygen atoms in total. The number of imidazole rings is 1. The highest BCUT2D eigenvalue weighted by Gasteiger charge is 2.09. The summed E-state index contributed by atoms with van der Waals surface area (Å²) in [6, 6.07) is 9.26. The molecule has 2 aromatic carbocycles. The third kappa shape index (κ3) is 2.62. The lowest BCUT2D eigenvalue weighted by Gasteiger charge is -2.02. The van der Waals surface area contributed by atoms with Crippen LogP contribution >= 0.6 is 0 Å². The minimum atomic E-state index is -0.650. The molecule has 0 saturated carbocycles. The summed E-state index contributed by atoms with van der Waals surface area (Å²) in [6.07, 6.45) is 4.93. The Morgan fingerprint density at radius 1 is 0.708 bits per heavy atom. The van der Waals surface area contributed by atoms with Gasteiger partial charge in [0.1, 0.15) is 17.5 Å². The molecule has 6 heteroatoms. The van der Waals surface area contributed by atoms with E-state index in [-0.39, 0.29) is 5.82 Å². The average Bonchev–Trinajstić information content (AvgIpc) is 2.97. The van der Waals surface area contributed by atoms with Gasteiger partial charge in [-0.25, -0.2) is 23.1 Å². The molecule has 0 N–H and O–H groups in total. The third-order valence-corrected chi connectivity index (χ3v) is 3.65. The first-order valence-electron chi connectivity index (χ1n) is 7.16. The summed E-state index contributed by atoms with van der Waals surface area (Å²) < 4.78 is 41.4. The summed E-state index contributed by atoms with van der Waals surface area (Å²) >= 11 is 0. The topological polar surface area (TPSA) is 30.2 Å². The summed E-state index contributed by atoms with van der Waals surface area (Å²) in [6.45, 7) is 0. The van der Waals surface area contributed by atoms with Gasteiger partial charge in [-0.05, 0) is 42.0 Å². The highest BCUT2D eigenvalue weighted by Crippen LogP contribution is 2.23.